The third-order valence-corrected chi connectivity index (χ3v) is 3.28. The largest absolute Gasteiger partial charge is 0.355 e. The highest BCUT2D eigenvalue weighted by molar-refractivity contribution is 5.84. The van der Waals surface area contributed by atoms with Crippen LogP contribution in [0.3, 0.4) is 0 Å². The van der Waals surface area contributed by atoms with E-state index in [1.165, 1.54) is 0 Å². The molecule has 14 heavy (non-hydrogen) atoms. The summed E-state index contributed by atoms with van der Waals surface area (Å²) in [6, 6.07) is 0. The maximum atomic E-state index is 13.7. The van der Waals surface area contributed by atoms with Gasteiger partial charge in [0.25, 0.3) is 5.92 Å². The van der Waals surface area contributed by atoms with E-state index in [-0.39, 0.29) is 13.0 Å². The van der Waals surface area contributed by atoms with Crippen molar-refractivity contribution < 1.29 is 13.6 Å². The van der Waals surface area contributed by atoms with E-state index in [1.54, 1.807) is 0 Å². The van der Waals surface area contributed by atoms with Gasteiger partial charge in [0.05, 0.1) is 6.54 Å². The number of hydrogen-bond acceptors (Lipinski definition) is 2. The third-order valence-electron chi connectivity index (χ3n) is 3.28. The van der Waals surface area contributed by atoms with Crippen molar-refractivity contribution in [3.8, 4) is 0 Å². The molecule has 0 aromatic rings. The van der Waals surface area contributed by atoms with Crippen molar-refractivity contribution in [2.75, 3.05) is 19.6 Å². The molecule has 0 aromatic carbocycles. The SMILES string of the molecule is O=C1NCCCC12CCNCC2(F)F. The normalized spacial score (nSPS) is 36.9. The Morgan fingerprint density at radius 1 is 1.21 bits per heavy atom. The average Bonchev–Trinajstić information content (AvgIpc) is 2.14. The molecule has 1 unspecified atom stereocenters. The van der Waals surface area contributed by atoms with Crippen molar-refractivity contribution in [2.24, 2.45) is 5.41 Å². The van der Waals surface area contributed by atoms with Gasteiger partial charge in [0.15, 0.2) is 0 Å². The predicted octanol–water partition coefficient (Wildman–Crippen LogP) is 0.511. The Labute approximate surface area is 81.2 Å². The lowest BCUT2D eigenvalue weighted by Gasteiger charge is -2.44. The van der Waals surface area contributed by atoms with Gasteiger partial charge in [-0.25, -0.2) is 8.78 Å². The van der Waals surface area contributed by atoms with Crippen molar-refractivity contribution in [3.63, 3.8) is 0 Å². The lowest BCUT2D eigenvalue weighted by molar-refractivity contribution is -0.174. The van der Waals surface area contributed by atoms with E-state index in [4.69, 9.17) is 0 Å². The second-order valence-corrected chi connectivity index (χ2v) is 4.07. The zero-order valence-electron chi connectivity index (χ0n) is 7.91. The maximum Gasteiger partial charge on any atom is 0.274 e. The number of nitrogens with one attached hydrogen (secondary N) is 2. The van der Waals surface area contributed by atoms with Crippen LogP contribution in [-0.4, -0.2) is 31.5 Å². The van der Waals surface area contributed by atoms with Crippen LogP contribution in [0.4, 0.5) is 8.78 Å². The van der Waals surface area contributed by atoms with Crippen molar-refractivity contribution in [3.05, 3.63) is 0 Å². The predicted molar refractivity (Wildman–Crippen MR) is 47.1 cm³/mol. The molecule has 1 amide bonds. The Bertz CT molecular complexity index is 251. The zero-order valence-corrected chi connectivity index (χ0v) is 7.91. The van der Waals surface area contributed by atoms with E-state index >= 15 is 0 Å². The van der Waals surface area contributed by atoms with Gasteiger partial charge in [0.2, 0.25) is 5.91 Å². The van der Waals surface area contributed by atoms with Gasteiger partial charge in [-0.05, 0) is 25.8 Å². The fourth-order valence-corrected chi connectivity index (χ4v) is 2.36. The molecule has 2 rings (SSSR count). The highest BCUT2D eigenvalue weighted by Crippen LogP contribution is 2.46. The quantitative estimate of drug-likeness (QED) is 0.603. The number of rotatable bonds is 0. The molecule has 5 heteroatoms. The van der Waals surface area contributed by atoms with Crippen molar-refractivity contribution in [2.45, 2.75) is 25.2 Å². The highest BCUT2D eigenvalue weighted by Gasteiger charge is 2.60. The molecule has 0 saturated carbocycles. The monoisotopic (exact) mass is 204 g/mol. The summed E-state index contributed by atoms with van der Waals surface area (Å²) in [6.45, 7) is 0.660. The Hall–Kier alpha value is -0.710. The number of amides is 1. The molecule has 2 aliphatic rings. The Morgan fingerprint density at radius 2 is 2.00 bits per heavy atom. The number of alkyl halides is 2. The van der Waals surface area contributed by atoms with Gasteiger partial charge < -0.3 is 10.6 Å². The minimum absolute atomic E-state index is 0.242. The van der Waals surface area contributed by atoms with Gasteiger partial charge in [-0.15, -0.1) is 0 Å². The van der Waals surface area contributed by atoms with Gasteiger partial charge in [-0.1, -0.05) is 0 Å². The number of carbonyl (C=O) groups is 1. The van der Waals surface area contributed by atoms with Crippen LogP contribution >= 0.6 is 0 Å². The molecule has 2 fully saturated rings. The van der Waals surface area contributed by atoms with Crippen LogP contribution < -0.4 is 10.6 Å². The average molecular weight is 204 g/mol. The molecule has 0 aliphatic carbocycles. The number of halogens is 2. The maximum absolute atomic E-state index is 13.7. The second-order valence-electron chi connectivity index (χ2n) is 4.07. The molecular weight excluding hydrogens is 190 g/mol. The van der Waals surface area contributed by atoms with Gasteiger partial charge in [0, 0.05) is 6.54 Å². The van der Waals surface area contributed by atoms with E-state index in [0.717, 1.165) is 0 Å². The minimum Gasteiger partial charge on any atom is -0.355 e. The summed E-state index contributed by atoms with van der Waals surface area (Å²) >= 11 is 0. The van der Waals surface area contributed by atoms with Gasteiger partial charge in [-0.2, -0.15) is 0 Å². The molecule has 2 saturated heterocycles. The molecule has 2 aliphatic heterocycles. The summed E-state index contributed by atoms with van der Waals surface area (Å²) in [7, 11) is 0. The first-order chi connectivity index (χ1) is 6.58. The number of hydrogen-bond donors (Lipinski definition) is 2. The summed E-state index contributed by atoms with van der Waals surface area (Å²) in [5, 5.41) is 5.19. The van der Waals surface area contributed by atoms with E-state index in [0.29, 0.717) is 25.9 Å². The Kier molecular flexibility index (Phi) is 2.21. The van der Waals surface area contributed by atoms with Crippen LogP contribution in [0.5, 0.6) is 0 Å². The molecule has 0 radical (unpaired) electrons. The topological polar surface area (TPSA) is 41.1 Å². The summed E-state index contributed by atoms with van der Waals surface area (Å²) in [4.78, 5) is 11.6. The molecule has 80 valence electrons. The van der Waals surface area contributed by atoms with Gasteiger partial charge in [-0.3, -0.25) is 4.79 Å². The second kappa shape index (κ2) is 3.15. The van der Waals surface area contributed by atoms with Crippen LogP contribution in [-0.2, 0) is 4.79 Å². The van der Waals surface area contributed by atoms with E-state index in [9.17, 15) is 13.6 Å². The lowest BCUT2D eigenvalue weighted by atomic mass is 9.70. The third kappa shape index (κ3) is 1.22. The van der Waals surface area contributed by atoms with Crippen LogP contribution in [0.1, 0.15) is 19.3 Å². The van der Waals surface area contributed by atoms with Crippen molar-refractivity contribution in [1.82, 2.24) is 10.6 Å². The fraction of sp³-hybridized carbons (Fsp3) is 0.889. The van der Waals surface area contributed by atoms with E-state index in [1.807, 2.05) is 0 Å². The van der Waals surface area contributed by atoms with Crippen LogP contribution in [0.15, 0.2) is 0 Å². The van der Waals surface area contributed by atoms with Gasteiger partial charge >= 0.3 is 0 Å². The van der Waals surface area contributed by atoms with Crippen LogP contribution in [0, 0.1) is 5.41 Å². The Balaban J connectivity index is 2.29. The summed E-state index contributed by atoms with van der Waals surface area (Å²) in [5.74, 6) is -3.37. The lowest BCUT2D eigenvalue weighted by Crippen LogP contribution is -2.62. The molecule has 2 N–H and O–H groups in total. The number of piperidine rings is 2. The smallest absolute Gasteiger partial charge is 0.274 e. The molecule has 1 atom stereocenters. The first kappa shape index (κ1) is 9.83. The standard InChI is InChI=1S/C9H14F2N2O/c10-9(11)6-12-5-3-8(9)2-1-4-13-7(8)14/h12H,1-6H2,(H,13,14). The Morgan fingerprint density at radius 3 is 2.64 bits per heavy atom. The first-order valence-electron chi connectivity index (χ1n) is 4.95. The first-order valence-corrected chi connectivity index (χ1v) is 4.95. The van der Waals surface area contributed by atoms with Gasteiger partial charge in [0.1, 0.15) is 5.41 Å². The van der Waals surface area contributed by atoms with Crippen molar-refractivity contribution in [1.29, 1.82) is 0 Å². The summed E-state index contributed by atoms with van der Waals surface area (Å²) in [5.41, 5.74) is -1.43. The van der Waals surface area contributed by atoms with E-state index < -0.39 is 17.2 Å². The van der Waals surface area contributed by atoms with E-state index in [2.05, 4.69) is 10.6 Å². The summed E-state index contributed by atoms with van der Waals surface area (Å²) in [6.07, 6.45) is 1.21. The molecule has 3 nitrogen and oxygen atoms in total. The zero-order chi connectivity index (χ0) is 10.2. The van der Waals surface area contributed by atoms with Crippen molar-refractivity contribution >= 4 is 5.91 Å². The summed E-state index contributed by atoms with van der Waals surface area (Å²) < 4.78 is 27.3. The molecule has 1 spiro atoms. The molecule has 0 aromatic heterocycles. The van der Waals surface area contributed by atoms with Crippen LogP contribution in [0.25, 0.3) is 0 Å². The molecule has 0 bridgehead atoms. The van der Waals surface area contributed by atoms with Crippen LogP contribution in [0.2, 0.25) is 0 Å². The fourth-order valence-electron chi connectivity index (χ4n) is 2.36. The minimum atomic E-state index is -2.91. The molecular formula is C9H14F2N2O. The number of carbonyl (C=O) groups excluding carboxylic acids is 1. The molecule has 2 heterocycles. The highest BCUT2D eigenvalue weighted by atomic mass is 19.3.